The van der Waals surface area contributed by atoms with Gasteiger partial charge in [-0.05, 0) is 12.8 Å². The van der Waals surface area contributed by atoms with Crippen LogP contribution in [0.1, 0.15) is 33.1 Å². The topological polar surface area (TPSA) is 21.3 Å². The minimum absolute atomic E-state index is 0. The summed E-state index contributed by atoms with van der Waals surface area (Å²) in [5, 5.41) is 0. The second-order valence-electron chi connectivity index (χ2n) is 2.10. The number of rotatable bonds is 6. The monoisotopic (exact) mass is 155 g/mol. The van der Waals surface area contributed by atoms with Crippen LogP contribution in [0.5, 0.6) is 0 Å². The van der Waals surface area contributed by atoms with E-state index in [1.807, 2.05) is 0 Å². The summed E-state index contributed by atoms with van der Waals surface area (Å²) in [6.07, 6.45) is 3.48. The van der Waals surface area contributed by atoms with Gasteiger partial charge >= 0.3 is 29.6 Å². The van der Waals surface area contributed by atoms with Crippen LogP contribution in [0.15, 0.2) is 0 Å². The molecule has 58 valence electrons. The van der Waals surface area contributed by atoms with Crippen molar-refractivity contribution in [3.8, 4) is 0 Å². The van der Waals surface area contributed by atoms with Crippen LogP contribution in [0.4, 0.5) is 0 Å². The third kappa shape index (κ3) is 11.7. The Morgan fingerprint density at radius 3 is 2.40 bits per heavy atom. The summed E-state index contributed by atoms with van der Waals surface area (Å²) < 4.78 is 0. The maximum atomic E-state index is 5.06. The predicted molar refractivity (Wildman–Crippen MR) is 46.3 cm³/mol. The molecule has 0 aliphatic rings. The molecule has 1 N–H and O–H groups in total. The standard InChI is InChI=1S/C7H17NO.Na.H/c1-3-5-7-9-8-6-4-2;;/h8H,3-7H2,1-2H3;;. The first-order valence-corrected chi connectivity index (χ1v) is 3.76. The SMILES string of the molecule is CCCCONCCC.[NaH]. The van der Waals surface area contributed by atoms with Gasteiger partial charge in [-0.1, -0.05) is 20.3 Å². The molecule has 0 aromatic rings. The normalized spacial score (nSPS) is 9.00. The second-order valence-corrected chi connectivity index (χ2v) is 2.10. The third-order valence-electron chi connectivity index (χ3n) is 1.05. The molecule has 0 aliphatic carbocycles. The summed E-state index contributed by atoms with van der Waals surface area (Å²) in [4.78, 5) is 5.06. The van der Waals surface area contributed by atoms with E-state index in [1.165, 1.54) is 6.42 Å². The average Bonchev–Trinajstić information content (AvgIpc) is 1.89. The number of nitrogens with one attached hydrogen (secondary N) is 1. The quantitative estimate of drug-likeness (QED) is 0.352. The van der Waals surface area contributed by atoms with E-state index in [4.69, 9.17) is 4.84 Å². The Kier molecular flexibility index (Phi) is 17.0. The molecule has 0 saturated heterocycles. The van der Waals surface area contributed by atoms with Crippen molar-refractivity contribution in [3.63, 3.8) is 0 Å². The Morgan fingerprint density at radius 2 is 1.90 bits per heavy atom. The van der Waals surface area contributed by atoms with Gasteiger partial charge in [-0.25, -0.2) is 5.48 Å². The third-order valence-corrected chi connectivity index (χ3v) is 1.05. The molecule has 3 heteroatoms. The van der Waals surface area contributed by atoms with E-state index in [2.05, 4.69) is 19.3 Å². The zero-order chi connectivity index (χ0) is 6.95. The van der Waals surface area contributed by atoms with Gasteiger partial charge < -0.3 is 4.84 Å². The summed E-state index contributed by atoms with van der Waals surface area (Å²) in [6, 6.07) is 0. The van der Waals surface area contributed by atoms with Gasteiger partial charge in [0.25, 0.3) is 0 Å². The van der Waals surface area contributed by atoms with Crippen LogP contribution < -0.4 is 5.48 Å². The summed E-state index contributed by atoms with van der Waals surface area (Å²) >= 11 is 0. The fraction of sp³-hybridized carbons (Fsp3) is 1.00. The van der Waals surface area contributed by atoms with Crippen molar-refractivity contribution >= 4 is 29.6 Å². The molecule has 0 radical (unpaired) electrons. The van der Waals surface area contributed by atoms with E-state index in [0.29, 0.717) is 0 Å². The van der Waals surface area contributed by atoms with E-state index < -0.39 is 0 Å². The van der Waals surface area contributed by atoms with Crippen LogP contribution in [0.2, 0.25) is 0 Å². The zero-order valence-electron chi connectivity index (χ0n) is 6.44. The molecular formula is C7H18NNaO. The van der Waals surface area contributed by atoms with Crippen LogP contribution in [0.25, 0.3) is 0 Å². The van der Waals surface area contributed by atoms with Crippen LogP contribution in [-0.4, -0.2) is 42.7 Å². The van der Waals surface area contributed by atoms with Gasteiger partial charge in [0.1, 0.15) is 0 Å². The molecule has 0 aromatic carbocycles. The molecule has 0 amide bonds. The molecule has 0 unspecified atom stereocenters. The van der Waals surface area contributed by atoms with Gasteiger partial charge in [-0.2, -0.15) is 0 Å². The first-order chi connectivity index (χ1) is 4.41. The van der Waals surface area contributed by atoms with Crippen LogP contribution in [0, 0.1) is 0 Å². The van der Waals surface area contributed by atoms with Crippen molar-refractivity contribution in [1.29, 1.82) is 0 Å². The molecule has 0 aromatic heterocycles. The van der Waals surface area contributed by atoms with Gasteiger partial charge in [0.2, 0.25) is 0 Å². The molecule has 0 spiro atoms. The number of hydrogen-bond donors (Lipinski definition) is 1. The van der Waals surface area contributed by atoms with Crippen molar-refractivity contribution in [2.24, 2.45) is 0 Å². The molecule has 0 bridgehead atoms. The van der Waals surface area contributed by atoms with Gasteiger partial charge in [0, 0.05) is 6.54 Å². The van der Waals surface area contributed by atoms with Gasteiger partial charge in [0.05, 0.1) is 6.61 Å². The molecule has 0 fully saturated rings. The maximum absolute atomic E-state index is 5.06. The predicted octanol–water partition coefficient (Wildman–Crippen LogP) is 1.07. The molecule has 0 aliphatic heterocycles. The van der Waals surface area contributed by atoms with Crippen molar-refractivity contribution < 1.29 is 4.84 Å². The van der Waals surface area contributed by atoms with E-state index in [9.17, 15) is 0 Å². The minimum atomic E-state index is 0. The first-order valence-electron chi connectivity index (χ1n) is 3.76. The Labute approximate surface area is 86.0 Å². The fourth-order valence-electron chi connectivity index (χ4n) is 0.463. The van der Waals surface area contributed by atoms with Gasteiger partial charge in [-0.15, -0.1) is 0 Å². The zero-order valence-corrected chi connectivity index (χ0v) is 6.44. The molecule has 10 heavy (non-hydrogen) atoms. The van der Waals surface area contributed by atoms with Crippen LogP contribution in [0.3, 0.4) is 0 Å². The molecule has 2 nitrogen and oxygen atoms in total. The Bertz CT molecular complexity index is 46.9. The molecule has 0 rings (SSSR count). The van der Waals surface area contributed by atoms with E-state index in [1.54, 1.807) is 0 Å². The second kappa shape index (κ2) is 12.6. The summed E-state index contributed by atoms with van der Waals surface area (Å²) in [7, 11) is 0. The van der Waals surface area contributed by atoms with E-state index in [-0.39, 0.29) is 29.6 Å². The van der Waals surface area contributed by atoms with Crippen molar-refractivity contribution in [3.05, 3.63) is 0 Å². The molecule has 0 atom stereocenters. The number of unbranched alkanes of at least 4 members (excludes halogenated alkanes) is 1. The van der Waals surface area contributed by atoms with Crippen LogP contribution in [-0.2, 0) is 4.84 Å². The van der Waals surface area contributed by atoms with Gasteiger partial charge in [0.15, 0.2) is 0 Å². The Hall–Kier alpha value is 0.920. The van der Waals surface area contributed by atoms with Crippen molar-refractivity contribution in [1.82, 2.24) is 5.48 Å². The van der Waals surface area contributed by atoms with Crippen molar-refractivity contribution in [2.45, 2.75) is 33.1 Å². The Balaban J connectivity index is 0. The van der Waals surface area contributed by atoms with E-state index in [0.717, 1.165) is 26.0 Å². The molecule has 0 heterocycles. The number of hydrogen-bond acceptors (Lipinski definition) is 2. The molecule has 0 saturated carbocycles. The van der Waals surface area contributed by atoms with E-state index >= 15 is 0 Å². The fourth-order valence-corrected chi connectivity index (χ4v) is 0.463. The Morgan fingerprint density at radius 1 is 1.20 bits per heavy atom. The first kappa shape index (κ1) is 13.5. The number of hydroxylamine groups is 1. The molecular weight excluding hydrogens is 137 g/mol. The average molecular weight is 155 g/mol. The van der Waals surface area contributed by atoms with Crippen molar-refractivity contribution in [2.75, 3.05) is 13.2 Å². The van der Waals surface area contributed by atoms with Gasteiger partial charge in [-0.3, -0.25) is 0 Å². The summed E-state index contributed by atoms with van der Waals surface area (Å²) in [5.74, 6) is 0. The van der Waals surface area contributed by atoms with Crippen LogP contribution >= 0.6 is 0 Å². The summed E-state index contributed by atoms with van der Waals surface area (Å²) in [6.45, 7) is 6.08. The summed E-state index contributed by atoms with van der Waals surface area (Å²) in [5.41, 5.74) is 2.87.